The fourth-order valence-corrected chi connectivity index (χ4v) is 6.07. The van der Waals surface area contributed by atoms with E-state index in [-0.39, 0.29) is 17.3 Å². The molecule has 0 aromatic carbocycles. The van der Waals surface area contributed by atoms with Crippen LogP contribution in [0.15, 0.2) is 23.4 Å². The second-order valence-electron chi connectivity index (χ2n) is 8.89. The number of hydrogen-bond donors (Lipinski definition) is 1. The molecule has 0 aromatic rings. The minimum atomic E-state index is -1.26. The van der Waals surface area contributed by atoms with Gasteiger partial charge in [-0.15, -0.1) is 0 Å². The minimum Gasteiger partial charge on any atom is -0.469 e. The quantitative estimate of drug-likeness (QED) is 0.632. The summed E-state index contributed by atoms with van der Waals surface area (Å²) in [6, 6.07) is 0.886. The molecule has 3 aliphatic rings. The Hall–Kier alpha value is -0.873. The maximum Gasteiger partial charge on any atom is 0.310 e. The average Bonchev–Trinajstić information content (AvgIpc) is 2.87. The normalized spacial score (nSPS) is 40.0. The molecule has 0 aromatic heterocycles. The average molecular weight is 334 g/mol. The topological polar surface area (TPSA) is 38.3 Å². The third-order valence-corrected chi connectivity index (χ3v) is 8.38. The van der Waals surface area contributed by atoms with Gasteiger partial charge < -0.3 is 10.1 Å². The molecule has 2 saturated heterocycles. The predicted molar refractivity (Wildman–Crippen MR) is 96.9 cm³/mol. The van der Waals surface area contributed by atoms with Gasteiger partial charge in [-0.1, -0.05) is 50.0 Å². The van der Waals surface area contributed by atoms with Crippen LogP contribution in [0.25, 0.3) is 0 Å². The van der Waals surface area contributed by atoms with Crippen LogP contribution >= 0.6 is 0 Å². The van der Waals surface area contributed by atoms with E-state index in [1.807, 2.05) is 0 Å². The molecule has 3 nitrogen and oxygen atoms in total. The molecular formula is C19H31NO2Si. The van der Waals surface area contributed by atoms with Gasteiger partial charge in [0, 0.05) is 12.1 Å². The molecule has 5 unspecified atom stereocenters. The first kappa shape index (κ1) is 17.0. The van der Waals surface area contributed by atoms with Crippen molar-refractivity contribution >= 4 is 14.0 Å². The number of carbonyl (C=O) groups is 1. The van der Waals surface area contributed by atoms with E-state index in [2.05, 4.69) is 50.1 Å². The van der Waals surface area contributed by atoms with Crippen LogP contribution in [0.2, 0.25) is 19.6 Å². The highest BCUT2D eigenvalue weighted by Crippen LogP contribution is 2.49. The van der Waals surface area contributed by atoms with Gasteiger partial charge in [0.2, 0.25) is 0 Å². The summed E-state index contributed by atoms with van der Waals surface area (Å²) in [6.45, 7) is 9.53. The molecule has 1 aliphatic carbocycles. The van der Waals surface area contributed by atoms with Crippen molar-refractivity contribution in [2.24, 2.45) is 17.3 Å². The second-order valence-corrected chi connectivity index (χ2v) is 14.0. The van der Waals surface area contributed by atoms with Gasteiger partial charge in [-0.05, 0) is 37.0 Å². The van der Waals surface area contributed by atoms with Crippen LogP contribution in [-0.2, 0) is 9.53 Å². The van der Waals surface area contributed by atoms with Crippen LogP contribution in [0.4, 0.5) is 0 Å². The predicted octanol–water partition coefficient (Wildman–Crippen LogP) is 3.69. The number of methoxy groups -OCH3 is 1. The number of rotatable bonds is 3. The number of piperidine rings is 1. The number of esters is 1. The molecule has 4 heteroatoms. The lowest BCUT2D eigenvalue weighted by molar-refractivity contribution is -0.151. The first-order valence-electron chi connectivity index (χ1n) is 8.98. The van der Waals surface area contributed by atoms with E-state index in [0.29, 0.717) is 18.0 Å². The Balaban J connectivity index is 1.86. The van der Waals surface area contributed by atoms with E-state index < -0.39 is 8.07 Å². The van der Waals surface area contributed by atoms with Crippen molar-refractivity contribution in [1.29, 1.82) is 0 Å². The maximum absolute atomic E-state index is 12.5. The Kier molecular flexibility index (Phi) is 4.34. The number of fused-ring (bicyclic) bond motifs is 2. The molecule has 128 valence electrons. The summed E-state index contributed by atoms with van der Waals surface area (Å²) < 4.78 is 5.17. The van der Waals surface area contributed by atoms with E-state index >= 15 is 0 Å². The molecule has 23 heavy (non-hydrogen) atoms. The zero-order valence-electron chi connectivity index (χ0n) is 15.2. The molecule has 3 rings (SSSR count). The lowest BCUT2D eigenvalue weighted by atomic mass is 9.63. The maximum atomic E-state index is 12.5. The van der Waals surface area contributed by atoms with Crippen LogP contribution < -0.4 is 5.32 Å². The van der Waals surface area contributed by atoms with Gasteiger partial charge in [0.25, 0.3) is 0 Å². The molecular weight excluding hydrogens is 302 g/mol. The van der Waals surface area contributed by atoms with Crippen LogP contribution in [0.1, 0.15) is 32.6 Å². The summed E-state index contributed by atoms with van der Waals surface area (Å²) in [6.07, 6.45) is 11.7. The fourth-order valence-electron chi connectivity index (χ4n) is 4.77. The molecule has 0 spiro atoms. The monoisotopic (exact) mass is 333 g/mol. The fraction of sp³-hybridized carbons (Fsp3) is 0.737. The van der Waals surface area contributed by atoms with Crippen LogP contribution in [0, 0.1) is 17.3 Å². The lowest BCUT2D eigenvalue weighted by Crippen LogP contribution is -2.53. The Bertz CT molecular complexity index is 548. The first-order valence-corrected chi connectivity index (χ1v) is 12.5. The smallest absolute Gasteiger partial charge is 0.310 e. The molecule has 0 saturated carbocycles. The summed E-state index contributed by atoms with van der Waals surface area (Å²) in [5, 5.41) is 5.18. The Labute approximate surface area is 141 Å². The van der Waals surface area contributed by atoms with Crippen LogP contribution in [0.3, 0.4) is 0 Å². The number of hydrogen-bond acceptors (Lipinski definition) is 3. The highest BCUT2D eigenvalue weighted by atomic mass is 28.3. The van der Waals surface area contributed by atoms with Crippen molar-refractivity contribution < 1.29 is 9.53 Å². The van der Waals surface area contributed by atoms with Crippen molar-refractivity contribution in [3.05, 3.63) is 23.4 Å². The molecule has 1 N–H and O–H groups in total. The standard InChI is InChI=1S/C19H31NO2Si/c1-19(10-8-14(9-11-19)23(3,4)5)15-12-13-6-7-16(20-13)17(15)18(21)22-2/h8-10,13,15-17,20H,6-7,11-12H2,1-5H3. The highest BCUT2D eigenvalue weighted by molar-refractivity contribution is 6.83. The zero-order valence-corrected chi connectivity index (χ0v) is 16.2. The van der Waals surface area contributed by atoms with E-state index in [1.165, 1.54) is 13.5 Å². The van der Waals surface area contributed by atoms with E-state index in [9.17, 15) is 4.79 Å². The molecule has 5 atom stereocenters. The summed E-state index contributed by atoms with van der Waals surface area (Å²) in [5.74, 6) is 0.349. The zero-order chi connectivity index (χ0) is 16.8. The number of allylic oxidation sites excluding steroid dienone is 4. The van der Waals surface area contributed by atoms with Crippen molar-refractivity contribution in [2.75, 3.05) is 7.11 Å². The Morgan fingerprint density at radius 3 is 2.65 bits per heavy atom. The summed E-state index contributed by atoms with van der Waals surface area (Å²) in [5.41, 5.74) is 0.0744. The molecule has 2 fully saturated rings. The van der Waals surface area contributed by atoms with Crippen LogP contribution in [-0.4, -0.2) is 33.2 Å². The molecule has 0 amide bonds. The lowest BCUT2D eigenvalue weighted by Gasteiger charge is -2.46. The molecule has 0 radical (unpaired) electrons. The van der Waals surface area contributed by atoms with Crippen molar-refractivity contribution in [2.45, 2.75) is 64.3 Å². The third kappa shape index (κ3) is 3.08. The largest absolute Gasteiger partial charge is 0.469 e. The highest BCUT2D eigenvalue weighted by Gasteiger charge is 2.51. The number of nitrogens with one attached hydrogen (secondary N) is 1. The van der Waals surface area contributed by atoms with Gasteiger partial charge in [-0.25, -0.2) is 0 Å². The molecule has 2 aliphatic heterocycles. The van der Waals surface area contributed by atoms with E-state index in [0.717, 1.165) is 19.3 Å². The van der Waals surface area contributed by atoms with Gasteiger partial charge in [-0.2, -0.15) is 0 Å². The third-order valence-electron chi connectivity index (χ3n) is 6.27. The molecule has 2 bridgehead atoms. The minimum absolute atomic E-state index is 0.00442. The number of carbonyl (C=O) groups excluding carboxylic acids is 1. The van der Waals surface area contributed by atoms with Crippen molar-refractivity contribution in [3.63, 3.8) is 0 Å². The van der Waals surface area contributed by atoms with E-state index in [4.69, 9.17) is 4.74 Å². The summed E-state index contributed by atoms with van der Waals surface area (Å²) in [7, 11) is 0.272. The van der Waals surface area contributed by atoms with Gasteiger partial charge in [0.15, 0.2) is 0 Å². The second kappa shape index (κ2) is 5.89. The van der Waals surface area contributed by atoms with Crippen LogP contribution in [0.5, 0.6) is 0 Å². The van der Waals surface area contributed by atoms with Gasteiger partial charge in [-0.3, -0.25) is 4.79 Å². The van der Waals surface area contributed by atoms with Crippen molar-refractivity contribution in [3.8, 4) is 0 Å². The Morgan fingerprint density at radius 2 is 2.09 bits per heavy atom. The van der Waals surface area contributed by atoms with Crippen molar-refractivity contribution in [1.82, 2.24) is 5.32 Å². The van der Waals surface area contributed by atoms with Gasteiger partial charge in [0.1, 0.15) is 0 Å². The first-order chi connectivity index (χ1) is 10.7. The van der Waals surface area contributed by atoms with E-state index in [1.54, 1.807) is 5.20 Å². The summed E-state index contributed by atoms with van der Waals surface area (Å²) in [4.78, 5) is 12.5. The summed E-state index contributed by atoms with van der Waals surface area (Å²) >= 11 is 0. The Morgan fingerprint density at radius 1 is 1.35 bits per heavy atom. The number of ether oxygens (including phenoxy) is 1. The van der Waals surface area contributed by atoms with Gasteiger partial charge >= 0.3 is 5.97 Å². The molecule has 2 heterocycles. The SMILES string of the molecule is COC(=O)C1C2CCC(CC1C1(C)C=CC([Si](C)(C)C)=CC1)N2. The van der Waals surface area contributed by atoms with Gasteiger partial charge in [0.05, 0.1) is 21.1 Å².